The first-order valence-electron chi connectivity index (χ1n) is 7.94. The lowest BCUT2D eigenvalue weighted by Gasteiger charge is -2.24. The summed E-state index contributed by atoms with van der Waals surface area (Å²) >= 11 is 0. The summed E-state index contributed by atoms with van der Waals surface area (Å²) in [6.45, 7) is 6.89. The molecule has 4 nitrogen and oxygen atoms in total. The minimum absolute atomic E-state index is 0.364. The lowest BCUT2D eigenvalue weighted by molar-refractivity contribution is 0.0697. The molecule has 0 amide bonds. The summed E-state index contributed by atoms with van der Waals surface area (Å²) in [4.78, 5) is 16.1. The Kier molecular flexibility index (Phi) is 4.27. The van der Waals surface area contributed by atoms with Crippen LogP contribution in [0, 0.1) is 0 Å². The Hall–Kier alpha value is -1.39. The van der Waals surface area contributed by atoms with Crippen molar-refractivity contribution in [3.63, 3.8) is 0 Å². The fraction of sp³-hybridized carbons (Fsp3) is 0.588. The van der Waals surface area contributed by atoms with Crippen LogP contribution in [0.2, 0.25) is 0 Å². The third-order valence-electron chi connectivity index (χ3n) is 4.93. The van der Waals surface area contributed by atoms with Crippen molar-refractivity contribution in [3.05, 3.63) is 35.4 Å². The van der Waals surface area contributed by atoms with Gasteiger partial charge >= 0.3 is 5.97 Å². The second kappa shape index (κ2) is 6.16. The van der Waals surface area contributed by atoms with Gasteiger partial charge in [0.05, 0.1) is 5.56 Å². The van der Waals surface area contributed by atoms with E-state index in [1.165, 1.54) is 37.9 Å². The number of aromatic carboxylic acids is 1. The molecule has 0 spiro atoms. The average Bonchev–Trinajstić information content (AvgIpc) is 3.10. The fourth-order valence-corrected chi connectivity index (χ4v) is 3.65. The average molecular weight is 288 g/mol. The van der Waals surface area contributed by atoms with E-state index in [0.717, 1.165) is 13.1 Å². The number of carbonyl (C=O) groups is 1. The molecule has 1 aromatic carbocycles. The number of nitrogens with zero attached hydrogens (tertiary/aromatic N) is 2. The van der Waals surface area contributed by atoms with Crippen LogP contribution in [0.25, 0.3) is 0 Å². The molecule has 2 aliphatic rings. The van der Waals surface area contributed by atoms with Gasteiger partial charge in [-0.25, -0.2) is 4.79 Å². The maximum atomic E-state index is 10.9. The number of carboxylic acid groups (broad SMARTS) is 1. The molecule has 0 aromatic heterocycles. The summed E-state index contributed by atoms with van der Waals surface area (Å²) in [5.74, 6) is -0.856. The van der Waals surface area contributed by atoms with Crippen molar-refractivity contribution in [2.24, 2.45) is 0 Å². The van der Waals surface area contributed by atoms with Gasteiger partial charge < -0.3 is 5.11 Å². The van der Waals surface area contributed by atoms with E-state index in [1.807, 2.05) is 12.1 Å². The van der Waals surface area contributed by atoms with Crippen LogP contribution in [0.1, 0.15) is 42.1 Å². The Balaban J connectivity index is 1.60. The Labute approximate surface area is 126 Å². The number of likely N-dealkylation sites (tertiary alicyclic amines) is 2. The number of carboxylic acids is 1. The van der Waals surface area contributed by atoms with Crippen LogP contribution in [-0.2, 0) is 6.54 Å². The molecule has 21 heavy (non-hydrogen) atoms. The van der Waals surface area contributed by atoms with Crippen molar-refractivity contribution >= 4 is 5.97 Å². The van der Waals surface area contributed by atoms with Gasteiger partial charge in [-0.2, -0.15) is 0 Å². The minimum Gasteiger partial charge on any atom is -0.478 e. The summed E-state index contributed by atoms with van der Waals surface area (Å²) < 4.78 is 0. The molecular weight excluding hydrogens is 264 g/mol. The third-order valence-corrected chi connectivity index (χ3v) is 4.93. The zero-order valence-corrected chi connectivity index (χ0v) is 12.7. The first kappa shape index (κ1) is 14.5. The van der Waals surface area contributed by atoms with E-state index >= 15 is 0 Å². The molecule has 2 unspecified atom stereocenters. The summed E-state index contributed by atoms with van der Waals surface area (Å²) in [6.07, 6.45) is 3.95. The molecule has 1 aromatic rings. The monoisotopic (exact) mass is 288 g/mol. The molecule has 114 valence electrons. The molecular formula is C17H24N2O2. The minimum atomic E-state index is -0.856. The summed E-state index contributed by atoms with van der Waals surface area (Å²) in [6, 6.07) is 8.61. The molecule has 2 atom stereocenters. The zero-order valence-electron chi connectivity index (χ0n) is 12.7. The van der Waals surface area contributed by atoms with Gasteiger partial charge in [-0.05, 0) is 57.0 Å². The van der Waals surface area contributed by atoms with E-state index in [2.05, 4.69) is 16.7 Å². The van der Waals surface area contributed by atoms with Crippen molar-refractivity contribution in [3.8, 4) is 0 Å². The second-order valence-corrected chi connectivity index (χ2v) is 6.41. The highest BCUT2D eigenvalue weighted by Crippen LogP contribution is 2.26. The molecule has 2 saturated heterocycles. The third kappa shape index (κ3) is 3.27. The van der Waals surface area contributed by atoms with Crippen LogP contribution in [0.3, 0.4) is 0 Å². The molecule has 1 N–H and O–H groups in total. The maximum Gasteiger partial charge on any atom is 0.335 e. The highest BCUT2D eigenvalue weighted by atomic mass is 16.4. The molecule has 0 aliphatic carbocycles. The largest absolute Gasteiger partial charge is 0.478 e. The van der Waals surface area contributed by atoms with Crippen molar-refractivity contribution in [1.29, 1.82) is 0 Å². The van der Waals surface area contributed by atoms with E-state index in [-0.39, 0.29) is 0 Å². The molecule has 2 aliphatic heterocycles. The van der Waals surface area contributed by atoms with Gasteiger partial charge in [0, 0.05) is 25.2 Å². The number of hydrogen-bond acceptors (Lipinski definition) is 3. The van der Waals surface area contributed by atoms with E-state index in [0.29, 0.717) is 17.6 Å². The topological polar surface area (TPSA) is 43.8 Å². The standard InChI is InChI=1S/C17H24N2O2/c1-13-10-16(18-8-2-3-9-18)12-19(13)11-14-4-6-15(7-5-14)17(20)21/h4-7,13,16H,2-3,8-12H2,1H3,(H,20,21). The number of rotatable bonds is 4. The Bertz CT molecular complexity index is 494. The van der Waals surface area contributed by atoms with Crippen LogP contribution in [0.4, 0.5) is 0 Å². The number of benzene rings is 1. The van der Waals surface area contributed by atoms with E-state index in [1.54, 1.807) is 12.1 Å². The van der Waals surface area contributed by atoms with E-state index in [4.69, 9.17) is 5.11 Å². The maximum absolute atomic E-state index is 10.9. The van der Waals surface area contributed by atoms with Crippen molar-refractivity contribution < 1.29 is 9.90 Å². The quantitative estimate of drug-likeness (QED) is 0.924. The Morgan fingerprint density at radius 2 is 1.90 bits per heavy atom. The summed E-state index contributed by atoms with van der Waals surface area (Å²) in [5.41, 5.74) is 1.57. The summed E-state index contributed by atoms with van der Waals surface area (Å²) in [5, 5.41) is 8.94. The van der Waals surface area contributed by atoms with Crippen LogP contribution in [0.15, 0.2) is 24.3 Å². The Morgan fingerprint density at radius 1 is 1.24 bits per heavy atom. The first-order chi connectivity index (χ1) is 10.1. The predicted octanol–water partition coefficient (Wildman–Crippen LogP) is 2.44. The van der Waals surface area contributed by atoms with E-state index in [9.17, 15) is 4.79 Å². The molecule has 0 bridgehead atoms. The second-order valence-electron chi connectivity index (χ2n) is 6.41. The zero-order chi connectivity index (χ0) is 14.8. The van der Waals surface area contributed by atoms with Gasteiger partial charge in [-0.3, -0.25) is 9.80 Å². The Morgan fingerprint density at radius 3 is 2.52 bits per heavy atom. The lowest BCUT2D eigenvalue weighted by Crippen LogP contribution is -2.35. The highest BCUT2D eigenvalue weighted by molar-refractivity contribution is 5.87. The van der Waals surface area contributed by atoms with Gasteiger partial charge in [0.2, 0.25) is 0 Å². The van der Waals surface area contributed by atoms with Crippen LogP contribution in [-0.4, -0.2) is 52.6 Å². The van der Waals surface area contributed by atoms with Crippen LogP contribution in [0.5, 0.6) is 0 Å². The summed E-state index contributed by atoms with van der Waals surface area (Å²) in [7, 11) is 0. The van der Waals surface area contributed by atoms with Gasteiger partial charge in [0.15, 0.2) is 0 Å². The fourth-order valence-electron chi connectivity index (χ4n) is 3.65. The van der Waals surface area contributed by atoms with Gasteiger partial charge in [-0.15, -0.1) is 0 Å². The van der Waals surface area contributed by atoms with Gasteiger partial charge in [-0.1, -0.05) is 12.1 Å². The van der Waals surface area contributed by atoms with Gasteiger partial charge in [0.25, 0.3) is 0 Å². The molecule has 3 rings (SSSR count). The van der Waals surface area contributed by atoms with Crippen molar-refractivity contribution in [1.82, 2.24) is 9.80 Å². The molecule has 4 heteroatoms. The predicted molar refractivity (Wildman–Crippen MR) is 82.5 cm³/mol. The first-order valence-corrected chi connectivity index (χ1v) is 7.94. The molecule has 0 radical (unpaired) electrons. The molecule has 2 heterocycles. The van der Waals surface area contributed by atoms with Gasteiger partial charge in [0.1, 0.15) is 0 Å². The SMILES string of the molecule is CC1CC(N2CCCC2)CN1Cc1ccc(C(=O)O)cc1. The highest BCUT2D eigenvalue weighted by Gasteiger charge is 2.33. The lowest BCUT2D eigenvalue weighted by atomic mass is 10.1. The van der Waals surface area contributed by atoms with Crippen LogP contribution >= 0.6 is 0 Å². The smallest absolute Gasteiger partial charge is 0.335 e. The van der Waals surface area contributed by atoms with Crippen molar-refractivity contribution in [2.45, 2.75) is 44.8 Å². The molecule has 0 saturated carbocycles. The number of hydrogen-bond donors (Lipinski definition) is 1. The normalized spacial score (nSPS) is 27.3. The van der Waals surface area contributed by atoms with Crippen molar-refractivity contribution in [2.75, 3.05) is 19.6 Å². The van der Waals surface area contributed by atoms with E-state index < -0.39 is 5.97 Å². The molecule has 2 fully saturated rings. The van der Waals surface area contributed by atoms with Crippen LogP contribution < -0.4 is 0 Å².